The third-order valence-corrected chi connectivity index (χ3v) is 3.24. The third kappa shape index (κ3) is 2.11. The molecular formula is C15H14O4. The van der Waals surface area contributed by atoms with E-state index in [9.17, 15) is 14.7 Å². The van der Waals surface area contributed by atoms with Crippen LogP contribution in [0.3, 0.4) is 0 Å². The Hall–Kier alpha value is -2.20. The number of rotatable bonds is 3. The predicted octanol–water partition coefficient (Wildman–Crippen LogP) is 1.36. The van der Waals surface area contributed by atoms with Crippen LogP contribution in [0.1, 0.15) is 5.56 Å². The van der Waals surface area contributed by atoms with Gasteiger partial charge in [-0.25, -0.2) is 0 Å². The van der Waals surface area contributed by atoms with Crippen LogP contribution in [0.5, 0.6) is 0 Å². The summed E-state index contributed by atoms with van der Waals surface area (Å²) in [5.74, 6) is -0.771. The van der Waals surface area contributed by atoms with Crippen molar-refractivity contribution in [3.8, 4) is 0 Å². The highest BCUT2D eigenvalue weighted by Gasteiger charge is 2.47. The minimum atomic E-state index is -1.67. The molecule has 0 aliphatic heterocycles. The molecule has 1 aliphatic carbocycles. The Kier molecular flexibility index (Phi) is 3.62. The summed E-state index contributed by atoms with van der Waals surface area (Å²) in [6, 6.07) is 9.11. The molecule has 19 heavy (non-hydrogen) atoms. The van der Waals surface area contributed by atoms with Crippen LogP contribution in [0.15, 0.2) is 48.6 Å². The van der Waals surface area contributed by atoms with Crippen LogP contribution < -0.4 is 0 Å². The van der Waals surface area contributed by atoms with E-state index in [1.165, 1.54) is 13.2 Å². The van der Waals surface area contributed by atoms with Gasteiger partial charge in [0.1, 0.15) is 12.4 Å². The summed E-state index contributed by atoms with van der Waals surface area (Å²) in [4.78, 5) is 23.1. The lowest BCUT2D eigenvalue weighted by atomic mass is 9.75. The second-order valence-electron chi connectivity index (χ2n) is 4.29. The molecule has 0 fully saturated rings. The average Bonchev–Trinajstić information content (AvgIpc) is 2.48. The van der Waals surface area contributed by atoms with E-state index in [4.69, 9.17) is 0 Å². The number of carbonyl (C=O) groups is 2. The van der Waals surface area contributed by atoms with Gasteiger partial charge in [-0.3, -0.25) is 4.79 Å². The van der Waals surface area contributed by atoms with E-state index < -0.39 is 17.5 Å². The van der Waals surface area contributed by atoms with Crippen molar-refractivity contribution in [3.05, 3.63) is 54.1 Å². The van der Waals surface area contributed by atoms with E-state index in [1.807, 2.05) is 18.2 Å². The molecule has 4 heteroatoms. The molecule has 2 atom stereocenters. The molecule has 98 valence electrons. The fraction of sp³-hybridized carbons (Fsp3) is 0.200. The molecule has 0 saturated carbocycles. The molecule has 4 nitrogen and oxygen atoms in total. The first-order chi connectivity index (χ1) is 9.15. The number of aliphatic hydroxyl groups excluding tert-OH is 1. The first-order valence-corrected chi connectivity index (χ1v) is 5.83. The van der Waals surface area contributed by atoms with Crippen molar-refractivity contribution in [1.29, 1.82) is 0 Å². The number of esters is 1. The number of hydrogen-bond donors (Lipinski definition) is 1. The molecule has 0 amide bonds. The van der Waals surface area contributed by atoms with Crippen LogP contribution in [-0.2, 0) is 14.3 Å². The zero-order valence-electron chi connectivity index (χ0n) is 10.4. The fourth-order valence-corrected chi connectivity index (χ4v) is 2.14. The largest absolute Gasteiger partial charge is 0.468 e. The highest BCUT2D eigenvalue weighted by Crippen LogP contribution is 2.36. The molecule has 0 aromatic heterocycles. The molecule has 1 aromatic rings. The lowest BCUT2D eigenvalue weighted by Gasteiger charge is -2.31. The second-order valence-corrected chi connectivity index (χ2v) is 4.29. The van der Waals surface area contributed by atoms with Gasteiger partial charge in [0.2, 0.25) is 0 Å². The van der Waals surface area contributed by atoms with E-state index in [1.54, 1.807) is 24.3 Å². The van der Waals surface area contributed by atoms with Gasteiger partial charge in [0, 0.05) is 0 Å². The van der Waals surface area contributed by atoms with E-state index in [-0.39, 0.29) is 0 Å². The summed E-state index contributed by atoms with van der Waals surface area (Å²) in [6.07, 6.45) is 3.80. The Morgan fingerprint density at radius 1 is 1.37 bits per heavy atom. The van der Waals surface area contributed by atoms with Crippen LogP contribution in [0, 0.1) is 5.41 Å². The van der Waals surface area contributed by atoms with E-state index in [0.29, 0.717) is 11.9 Å². The van der Waals surface area contributed by atoms with Crippen molar-refractivity contribution < 1.29 is 19.4 Å². The number of benzene rings is 1. The van der Waals surface area contributed by atoms with Crippen molar-refractivity contribution >= 4 is 17.8 Å². The number of allylic oxidation sites excluding steroid dienone is 2. The second kappa shape index (κ2) is 5.20. The van der Waals surface area contributed by atoms with Crippen molar-refractivity contribution in [2.75, 3.05) is 7.11 Å². The lowest BCUT2D eigenvalue weighted by molar-refractivity contribution is -0.155. The summed E-state index contributed by atoms with van der Waals surface area (Å²) in [5, 5.41) is 10.4. The summed E-state index contributed by atoms with van der Waals surface area (Å²) >= 11 is 0. The van der Waals surface area contributed by atoms with Gasteiger partial charge in [-0.15, -0.1) is 0 Å². The van der Waals surface area contributed by atoms with Crippen LogP contribution >= 0.6 is 0 Å². The number of aliphatic hydroxyl groups is 1. The van der Waals surface area contributed by atoms with Gasteiger partial charge < -0.3 is 14.6 Å². The number of hydrogen-bond acceptors (Lipinski definition) is 4. The van der Waals surface area contributed by atoms with Gasteiger partial charge in [0.05, 0.1) is 7.11 Å². The van der Waals surface area contributed by atoms with Gasteiger partial charge in [-0.2, -0.15) is 0 Å². The molecule has 0 radical (unpaired) electrons. The smallest absolute Gasteiger partial charge is 0.326 e. The molecule has 0 spiro atoms. The highest BCUT2D eigenvalue weighted by molar-refractivity contribution is 6.00. The Morgan fingerprint density at radius 3 is 2.63 bits per heavy atom. The first-order valence-electron chi connectivity index (χ1n) is 5.83. The maximum Gasteiger partial charge on any atom is 0.326 e. The van der Waals surface area contributed by atoms with Gasteiger partial charge in [0.15, 0.2) is 5.41 Å². The van der Waals surface area contributed by atoms with Crippen LogP contribution in [0.4, 0.5) is 0 Å². The summed E-state index contributed by atoms with van der Waals surface area (Å²) in [5.41, 5.74) is -0.399. The minimum Gasteiger partial charge on any atom is -0.468 e. The van der Waals surface area contributed by atoms with Crippen molar-refractivity contribution in [2.45, 2.75) is 6.10 Å². The molecule has 1 aliphatic rings. The van der Waals surface area contributed by atoms with Crippen molar-refractivity contribution in [2.24, 2.45) is 5.41 Å². The molecule has 0 heterocycles. The first kappa shape index (κ1) is 13.2. The molecule has 0 bridgehead atoms. The predicted molar refractivity (Wildman–Crippen MR) is 70.1 cm³/mol. The van der Waals surface area contributed by atoms with Crippen LogP contribution in [0.25, 0.3) is 5.57 Å². The van der Waals surface area contributed by atoms with E-state index in [2.05, 4.69) is 4.74 Å². The van der Waals surface area contributed by atoms with Gasteiger partial charge in [-0.05, 0) is 11.1 Å². The Morgan fingerprint density at radius 2 is 2.05 bits per heavy atom. The Balaban J connectivity index is 2.46. The zero-order chi connectivity index (χ0) is 13.9. The van der Waals surface area contributed by atoms with Gasteiger partial charge in [-0.1, -0.05) is 48.6 Å². The molecule has 1 aromatic carbocycles. The third-order valence-electron chi connectivity index (χ3n) is 3.24. The van der Waals surface area contributed by atoms with E-state index in [0.717, 1.165) is 5.56 Å². The van der Waals surface area contributed by atoms with E-state index >= 15 is 0 Å². The number of aldehydes is 1. The SMILES string of the molecule is COC(=O)C1(C=O)C=CC=C(c2ccccc2)C1O. The monoisotopic (exact) mass is 258 g/mol. The fourth-order valence-electron chi connectivity index (χ4n) is 2.14. The molecule has 0 saturated heterocycles. The molecule has 2 unspecified atom stereocenters. The lowest BCUT2D eigenvalue weighted by Crippen LogP contribution is -2.45. The molecule has 2 rings (SSSR count). The van der Waals surface area contributed by atoms with Gasteiger partial charge >= 0.3 is 5.97 Å². The van der Waals surface area contributed by atoms with Crippen LogP contribution in [0.2, 0.25) is 0 Å². The minimum absolute atomic E-state index is 0.427. The number of carbonyl (C=O) groups excluding carboxylic acids is 2. The number of methoxy groups -OCH3 is 1. The zero-order valence-corrected chi connectivity index (χ0v) is 10.4. The molecular weight excluding hydrogens is 244 g/mol. The van der Waals surface area contributed by atoms with Gasteiger partial charge in [0.25, 0.3) is 0 Å². The number of ether oxygens (including phenoxy) is 1. The highest BCUT2D eigenvalue weighted by atomic mass is 16.5. The van der Waals surface area contributed by atoms with Crippen LogP contribution in [-0.4, -0.2) is 30.6 Å². The Bertz CT molecular complexity index is 545. The topological polar surface area (TPSA) is 63.6 Å². The molecule has 1 N–H and O–H groups in total. The Labute approximate surface area is 111 Å². The maximum atomic E-state index is 11.8. The summed E-state index contributed by atoms with van der Waals surface area (Å²) < 4.78 is 4.63. The van der Waals surface area contributed by atoms with Crippen molar-refractivity contribution in [3.63, 3.8) is 0 Å². The standard InChI is InChI=1S/C15H14O4/c1-19-14(18)15(10-16)9-5-8-12(13(15)17)11-6-3-2-4-7-11/h2-10,13,17H,1H3. The quantitative estimate of drug-likeness (QED) is 0.505. The summed E-state index contributed by atoms with van der Waals surface area (Å²) in [7, 11) is 1.19. The summed E-state index contributed by atoms with van der Waals surface area (Å²) in [6.45, 7) is 0. The normalized spacial score (nSPS) is 25.6. The van der Waals surface area contributed by atoms with Crippen molar-refractivity contribution in [1.82, 2.24) is 0 Å². The average molecular weight is 258 g/mol. The maximum absolute atomic E-state index is 11.8.